The van der Waals surface area contributed by atoms with Crippen molar-refractivity contribution in [2.24, 2.45) is 4.99 Å². The van der Waals surface area contributed by atoms with E-state index >= 15 is 0 Å². The van der Waals surface area contributed by atoms with Crippen LogP contribution in [0, 0.1) is 0 Å². The smallest absolute Gasteiger partial charge is 0.191 e. The van der Waals surface area contributed by atoms with Crippen LogP contribution in [0.4, 0.5) is 0 Å². The van der Waals surface area contributed by atoms with Gasteiger partial charge in [-0.25, -0.2) is 0 Å². The van der Waals surface area contributed by atoms with Gasteiger partial charge in [-0.05, 0) is 70.7 Å². The lowest BCUT2D eigenvalue weighted by Gasteiger charge is -2.32. The van der Waals surface area contributed by atoms with Crippen molar-refractivity contribution in [2.75, 3.05) is 32.7 Å². The Morgan fingerprint density at radius 1 is 1.19 bits per heavy atom. The highest BCUT2D eigenvalue weighted by Gasteiger charge is 2.19. The predicted molar refractivity (Wildman–Crippen MR) is 115 cm³/mol. The van der Waals surface area contributed by atoms with E-state index in [2.05, 4.69) is 41.5 Å². The van der Waals surface area contributed by atoms with E-state index in [1.54, 1.807) is 0 Å². The van der Waals surface area contributed by atoms with Crippen LogP contribution < -0.4 is 15.4 Å². The molecule has 27 heavy (non-hydrogen) atoms. The zero-order chi connectivity index (χ0) is 19.5. The molecule has 1 aromatic rings. The summed E-state index contributed by atoms with van der Waals surface area (Å²) in [5.41, 5.74) is 1.29. The van der Waals surface area contributed by atoms with E-state index in [0.717, 1.165) is 31.2 Å². The lowest BCUT2D eigenvalue weighted by Crippen LogP contribution is -2.48. The molecule has 5 nitrogen and oxygen atoms in total. The van der Waals surface area contributed by atoms with Crippen LogP contribution in [0.15, 0.2) is 29.3 Å². The van der Waals surface area contributed by atoms with Crippen molar-refractivity contribution in [3.63, 3.8) is 0 Å². The van der Waals surface area contributed by atoms with Gasteiger partial charge in [-0.2, -0.15) is 0 Å². The fourth-order valence-electron chi connectivity index (χ4n) is 3.43. The van der Waals surface area contributed by atoms with Crippen LogP contribution in [-0.4, -0.2) is 55.7 Å². The third-order valence-corrected chi connectivity index (χ3v) is 4.78. The van der Waals surface area contributed by atoms with E-state index in [1.807, 2.05) is 26.0 Å². The largest absolute Gasteiger partial charge is 0.491 e. The van der Waals surface area contributed by atoms with Gasteiger partial charge in [-0.3, -0.25) is 4.99 Å². The number of guanidine groups is 1. The first-order chi connectivity index (χ1) is 13.1. The molecular weight excluding hydrogens is 336 g/mol. The fourth-order valence-corrected chi connectivity index (χ4v) is 3.43. The number of nitrogens with one attached hydrogen (secondary N) is 2. The minimum atomic E-state index is 0.211. The Labute approximate surface area is 165 Å². The van der Waals surface area contributed by atoms with Crippen LogP contribution >= 0.6 is 0 Å². The van der Waals surface area contributed by atoms with Crippen LogP contribution in [0.3, 0.4) is 0 Å². The van der Waals surface area contributed by atoms with Gasteiger partial charge in [0.2, 0.25) is 0 Å². The predicted octanol–water partition coefficient (Wildman–Crippen LogP) is 3.45. The maximum absolute atomic E-state index is 5.70. The van der Waals surface area contributed by atoms with Crippen molar-refractivity contribution in [3.8, 4) is 5.75 Å². The van der Waals surface area contributed by atoms with E-state index in [4.69, 9.17) is 9.73 Å². The van der Waals surface area contributed by atoms with Gasteiger partial charge < -0.3 is 20.3 Å². The molecule has 152 valence electrons. The van der Waals surface area contributed by atoms with Crippen LogP contribution in [0.5, 0.6) is 5.75 Å². The molecule has 2 N–H and O–H groups in total. The van der Waals surface area contributed by atoms with Crippen LogP contribution in [0.2, 0.25) is 0 Å². The van der Waals surface area contributed by atoms with Gasteiger partial charge in [0.15, 0.2) is 5.96 Å². The van der Waals surface area contributed by atoms with Crippen molar-refractivity contribution >= 4 is 5.96 Å². The minimum absolute atomic E-state index is 0.211. The summed E-state index contributed by atoms with van der Waals surface area (Å²) in [7, 11) is 0. The summed E-state index contributed by atoms with van der Waals surface area (Å²) in [4.78, 5) is 7.34. The summed E-state index contributed by atoms with van der Waals surface area (Å²) in [5.74, 6) is 1.88. The summed E-state index contributed by atoms with van der Waals surface area (Å²) in [6, 6.07) is 8.90. The molecule has 0 unspecified atom stereocenters. The molecule has 0 spiro atoms. The Hall–Kier alpha value is -1.75. The Bertz CT molecular complexity index is 548. The number of rotatable bonds is 9. The normalized spacial score (nSPS) is 16.6. The molecule has 0 saturated carbocycles. The maximum Gasteiger partial charge on any atom is 0.191 e. The average Bonchev–Trinajstić information content (AvgIpc) is 2.65. The summed E-state index contributed by atoms with van der Waals surface area (Å²) in [6.45, 7) is 13.8. The molecule has 1 aliphatic heterocycles. The number of aliphatic imine (C=N–C) groups is 1. The fraction of sp³-hybridized carbons (Fsp3) is 0.682. The molecule has 2 rings (SSSR count). The molecule has 0 radical (unpaired) electrons. The first-order valence-corrected chi connectivity index (χ1v) is 10.6. The van der Waals surface area contributed by atoms with Crippen LogP contribution in [0.25, 0.3) is 0 Å². The molecule has 1 aliphatic rings. The number of ether oxygens (including phenoxy) is 1. The Balaban J connectivity index is 1.79. The van der Waals surface area contributed by atoms with Crippen molar-refractivity contribution in [3.05, 3.63) is 29.8 Å². The standard InChI is InChI=1S/C22H38N4O/c1-5-15-26-16-12-20(13-17-26)25-22(23-6-2)24-14-11-19-7-9-21(10-8-19)27-18(3)4/h7-10,18,20H,5-6,11-17H2,1-4H3,(H2,23,24,25). The highest BCUT2D eigenvalue weighted by molar-refractivity contribution is 5.80. The second-order valence-corrected chi connectivity index (χ2v) is 7.58. The zero-order valence-corrected chi connectivity index (χ0v) is 17.6. The van der Waals surface area contributed by atoms with Gasteiger partial charge >= 0.3 is 0 Å². The number of benzene rings is 1. The van der Waals surface area contributed by atoms with Gasteiger partial charge in [0, 0.05) is 32.2 Å². The molecule has 1 heterocycles. The molecule has 0 atom stereocenters. The first-order valence-electron chi connectivity index (χ1n) is 10.6. The molecule has 1 saturated heterocycles. The number of hydrogen-bond acceptors (Lipinski definition) is 3. The average molecular weight is 375 g/mol. The monoisotopic (exact) mass is 374 g/mol. The molecule has 0 aromatic heterocycles. The molecule has 0 aliphatic carbocycles. The molecule has 0 bridgehead atoms. The molecule has 1 aromatic carbocycles. The summed E-state index contributed by atoms with van der Waals surface area (Å²) < 4.78 is 5.70. The lowest BCUT2D eigenvalue weighted by molar-refractivity contribution is 0.206. The van der Waals surface area contributed by atoms with E-state index in [1.165, 1.54) is 44.5 Å². The summed E-state index contributed by atoms with van der Waals surface area (Å²) in [5, 5.41) is 7.02. The topological polar surface area (TPSA) is 48.9 Å². The number of nitrogens with zero attached hydrogens (tertiary/aromatic N) is 2. The second-order valence-electron chi connectivity index (χ2n) is 7.58. The summed E-state index contributed by atoms with van der Waals surface area (Å²) in [6.07, 6.45) is 4.78. The van der Waals surface area contributed by atoms with Crippen molar-refractivity contribution in [1.82, 2.24) is 15.5 Å². The third kappa shape index (κ3) is 8.21. The highest BCUT2D eigenvalue weighted by Crippen LogP contribution is 2.14. The highest BCUT2D eigenvalue weighted by atomic mass is 16.5. The quantitative estimate of drug-likeness (QED) is 0.513. The molecule has 5 heteroatoms. The van der Waals surface area contributed by atoms with E-state index in [0.29, 0.717) is 6.04 Å². The second kappa shape index (κ2) is 11.9. The number of piperidine rings is 1. The van der Waals surface area contributed by atoms with E-state index in [-0.39, 0.29) is 6.10 Å². The van der Waals surface area contributed by atoms with Crippen molar-refractivity contribution in [2.45, 2.75) is 65.5 Å². The van der Waals surface area contributed by atoms with Gasteiger partial charge in [-0.15, -0.1) is 0 Å². The first kappa shape index (κ1) is 21.5. The SMILES string of the molecule is CCCN1CCC(NC(=NCCc2ccc(OC(C)C)cc2)NCC)CC1. The Kier molecular flexibility index (Phi) is 9.46. The maximum atomic E-state index is 5.70. The molecule has 1 fully saturated rings. The van der Waals surface area contributed by atoms with Gasteiger partial charge in [0.05, 0.1) is 6.10 Å². The summed E-state index contributed by atoms with van der Waals surface area (Å²) >= 11 is 0. The van der Waals surface area contributed by atoms with E-state index in [9.17, 15) is 0 Å². The van der Waals surface area contributed by atoms with Crippen molar-refractivity contribution in [1.29, 1.82) is 0 Å². The van der Waals surface area contributed by atoms with E-state index < -0.39 is 0 Å². The molecule has 0 amide bonds. The number of hydrogen-bond donors (Lipinski definition) is 2. The zero-order valence-electron chi connectivity index (χ0n) is 17.6. The van der Waals surface area contributed by atoms with Crippen LogP contribution in [0.1, 0.15) is 52.5 Å². The third-order valence-electron chi connectivity index (χ3n) is 4.78. The molecular formula is C22H38N4O. The van der Waals surface area contributed by atoms with Gasteiger partial charge in [-0.1, -0.05) is 19.1 Å². The Morgan fingerprint density at radius 3 is 2.48 bits per heavy atom. The minimum Gasteiger partial charge on any atom is -0.491 e. The van der Waals surface area contributed by atoms with Crippen molar-refractivity contribution < 1.29 is 4.74 Å². The Morgan fingerprint density at radius 2 is 1.89 bits per heavy atom. The van der Waals surface area contributed by atoms with Gasteiger partial charge in [0.1, 0.15) is 5.75 Å². The number of likely N-dealkylation sites (tertiary alicyclic amines) is 1. The van der Waals surface area contributed by atoms with Crippen LogP contribution in [-0.2, 0) is 6.42 Å². The van der Waals surface area contributed by atoms with Gasteiger partial charge in [0.25, 0.3) is 0 Å². The lowest BCUT2D eigenvalue weighted by atomic mass is 10.1.